The first kappa shape index (κ1) is 11.9. The lowest BCUT2D eigenvalue weighted by Crippen LogP contribution is -1.99. The van der Waals surface area contributed by atoms with E-state index in [1.807, 2.05) is 12.1 Å². The first-order valence-corrected chi connectivity index (χ1v) is 5.92. The van der Waals surface area contributed by atoms with Gasteiger partial charge in [0.25, 0.3) is 0 Å². The van der Waals surface area contributed by atoms with Crippen LogP contribution >= 0.6 is 15.9 Å². The zero-order chi connectivity index (χ0) is 12.3. The van der Waals surface area contributed by atoms with E-state index < -0.39 is 0 Å². The highest BCUT2D eigenvalue weighted by Gasteiger charge is 2.02. The summed E-state index contributed by atoms with van der Waals surface area (Å²) in [5.74, 6) is -0.0423. The SMILES string of the molecule is Oc1ccccc1CNc1ccc(F)c(Br)c1. The molecule has 17 heavy (non-hydrogen) atoms. The number of hydrogen-bond donors (Lipinski definition) is 2. The molecule has 0 aliphatic heterocycles. The molecule has 2 aromatic rings. The third-order valence-corrected chi connectivity index (χ3v) is 3.00. The molecule has 0 aliphatic rings. The number of anilines is 1. The molecule has 4 heteroatoms. The van der Waals surface area contributed by atoms with E-state index in [1.165, 1.54) is 6.07 Å². The molecule has 0 atom stereocenters. The highest BCUT2D eigenvalue weighted by atomic mass is 79.9. The van der Waals surface area contributed by atoms with Crippen molar-refractivity contribution in [1.29, 1.82) is 0 Å². The van der Waals surface area contributed by atoms with Gasteiger partial charge in [0.15, 0.2) is 0 Å². The highest BCUT2D eigenvalue weighted by Crippen LogP contribution is 2.22. The Kier molecular flexibility index (Phi) is 3.64. The van der Waals surface area contributed by atoms with E-state index in [1.54, 1.807) is 24.3 Å². The van der Waals surface area contributed by atoms with Gasteiger partial charge in [0.05, 0.1) is 4.47 Å². The molecule has 2 rings (SSSR count). The number of rotatable bonds is 3. The summed E-state index contributed by atoms with van der Waals surface area (Å²) in [6.45, 7) is 0.491. The van der Waals surface area contributed by atoms with Gasteiger partial charge in [0.1, 0.15) is 11.6 Å². The van der Waals surface area contributed by atoms with Crippen LogP contribution in [0.25, 0.3) is 0 Å². The molecule has 0 saturated carbocycles. The number of aromatic hydroxyl groups is 1. The minimum Gasteiger partial charge on any atom is -0.508 e. The van der Waals surface area contributed by atoms with Crippen LogP contribution in [-0.4, -0.2) is 5.11 Å². The van der Waals surface area contributed by atoms with Crippen LogP contribution in [-0.2, 0) is 6.54 Å². The lowest BCUT2D eigenvalue weighted by molar-refractivity contribution is 0.469. The Balaban J connectivity index is 2.08. The van der Waals surface area contributed by atoms with Crippen molar-refractivity contribution >= 4 is 21.6 Å². The topological polar surface area (TPSA) is 32.3 Å². The van der Waals surface area contributed by atoms with Crippen molar-refractivity contribution in [2.75, 3.05) is 5.32 Å². The summed E-state index contributed by atoms with van der Waals surface area (Å²) in [7, 11) is 0. The van der Waals surface area contributed by atoms with E-state index in [-0.39, 0.29) is 11.6 Å². The molecule has 0 saturated heterocycles. The van der Waals surface area contributed by atoms with E-state index in [4.69, 9.17) is 0 Å². The molecule has 0 aromatic heterocycles. The Hall–Kier alpha value is -1.55. The van der Waals surface area contributed by atoms with Crippen molar-refractivity contribution in [3.05, 3.63) is 58.3 Å². The Labute approximate surface area is 107 Å². The zero-order valence-corrected chi connectivity index (χ0v) is 10.5. The third-order valence-electron chi connectivity index (χ3n) is 2.39. The number of para-hydroxylation sites is 1. The Bertz CT molecular complexity index is 531. The Morgan fingerprint density at radius 2 is 1.94 bits per heavy atom. The fraction of sp³-hybridized carbons (Fsp3) is 0.0769. The standard InChI is InChI=1S/C13H11BrFNO/c14-11-7-10(5-6-12(11)15)16-8-9-3-1-2-4-13(9)17/h1-7,16-17H,8H2. The van der Waals surface area contributed by atoms with Gasteiger partial charge in [-0.2, -0.15) is 0 Å². The summed E-state index contributed by atoms with van der Waals surface area (Å²) in [5.41, 5.74) is 1.59. The highest BCUT2D eigenvalue weighted by molar-refractivity contribution is 9.10. The second-order valence-electron chi connectivity index (χ2n) is 3.61. The molecule has 0 bridgehead atoms. The molecular weight excluding hydrogens is 285 g/mol. The molecule has 0 fully saturated rings. The van der Waals surface area contributed by atoms with Gasteiger partial charge in [-0.25, -0.2) is 4.39 Å². The van der Waals surface area contributed by atoms with Crippen LogP contribution in [0, 0.1) is 5.82 Å². The Morgan fingerprint density at radius 1 is 1.18 bits per heavy atom. The van der Waals surface area contributed by atoms with Crippen molar-refractivity contribution in [3.63, 3.8) is 0 Å². The number of phenolic OH excluding ortho intramolecular Hbond substituents is 1. The van der Waals surface area contributed by atoms with E-state index >= 15 is 0 Å². The maximum atomic E-state index is 13.0. The summed E-state index contributed by atoms with van der Waals surface area (Å²) in [5, 5.41) is 12.7. The van der Waals surface area contributed by atoms with Crippen molar-refractivity contribution in [3.8, 4) is 5.75 Å². The van der Waals surface area contributed by atoms with E-state index in [0.29, 0.717) is 11.0 Å². The van der Waals surface area contributed by atoms with Crippen molar-refractivity contribution < 1.29 is 9.50 Å². The molecular formula is C13H11BrFNO. The smallest absolute Gasteiger partial charge is 0.137 e. The quantitative estimate of drug-likeness (QED) is 0.900. The minimum absolute atomic E-state index is 0.251. The average molecular weight is 296 g/mol. The van der Waals surface area contributed by atoms with Gasteiger partial charge in [-0.05, 0) is 40.2 Å². The van der Waals surface area contributed by atoms with Gasteiger partial charge in [0.2, 0.25) is 0 Å². The molecule has 2 N–H and O–H groups in total. The third kappa shape index (κ3) is 2.97. The molecule has 0 unspecified atom stereocenters. The van der Waals surface area contributed by atoms with Gasteiger partial charge < -0.3 is 10.4 Å². The predicted octanol–water partition coefficient (Wildman–Crippen LogP) is 3.91. The van der Waals surface area contributed by atoms with Crippen molar-refractivity contribution in [2.24, 2.45) is 0 Å². The van der Waals surface area contributed by atoms with Crippen LogP contribution < -0.4 is 5.32 Å². The maximum Gasteiger partial charge on any atom is 0.137 e. The van der Waals surface area contributed by atoms with Gasteiger partial charge in [-0.15, -0.1) is 0 Å². The number of halogens is 2. The fourth-order valence-electron chi connectivity index (χ4n) is 1.46. The molecule has 2 aromatic carbocycles. The first-order chi connectivity index (χ1) is 8.16. The van der Waals surface area contributed by atoms with Crippen molar-refractivity contribution in [1.82, 2.24) is 0 Å². The second-order valence-corrected chi connectivity index (χ2v) is 4.47. The lowest BCUT2D eigenvalue weighted by Gasteiger charge is -2.08. The Morgan fingerprint density at radius 3 is 2.65 bits per heavy atom. The van der Waals surface area contributed by atoms with Gasteiger partial charge in [-0.1, -0.05) is 18.2 Å². The van der Waals surface area contributed by atoms with Gasteiger partial charge in [-0.3, -0.25) is 0 Å². The van der Waals surface area contributed by atoms with Crippen LogP contribution in [0.3, 0.4) is 0 Å². The van der Waals surface area contributed by atoms with E-state index in [0.717, 1.165) is 11.3 Å². The van der Waals surface area contributed by atoms with Crippen LogP contribution in [0.1, 0.15) is 5.56 Å². The van der Waals surface area contributed by atoms with Crippen LogP contribution in [0.2, 0.25) is 0 Å². The molecule has 0 spiro atoms. The second kappa shape index (κ2) is 5.19. The van der Waals surface area contributed by atoms with Gasteiger partial charge in [0, 0.05) is 17.8 Å². The molecule has 0 heterocycles. The molecule has 88 valence electrons. The maximum absolute atomic E-state index is 13.0. The summed E-state index contributed by atoms with van der Waals surface area (Å²) < 4.78 is 13.4. The number of nitrogens with one attached hydrogen (secondary N) is 1. The summed E-state index contributed by atoms with van der Waals surface area (Å²) in [6.07, 6.45) is 0. The molecule has 0 amide bonds. The molecule has 2 nitrogen and oxygen atoms in total. The monoisotopic (exact) mass is 295 g/mol. The summed E-state index contributed by atoms with van der Waals surface area (Å²) >= 11 is 3.12. The average Bonchev–Trinajstić information content (AvgIpc) is 2.32. The molecule has 0 aliphatic carbocycles. The van der Waals surface area contributed by atoms with Gasteiger partial charge >= 0.3 is 0 Å². The van der Waals surface area contributed by atoms with Crippen LogP contribution in [0.5, 0.6) is 5.75 Å². The minimum atomic E-state index is -0.293. The number of hydrogen-bond acceptors (Lipinski definition) is 2. The van der Waals surface area contributed by atoms with Crippen LogP contribution in [0.15, 0.2) is 46.9 Å². The van der Waals surface area contributed by atoms with Crippen molar-refractivity contribution in [2.45, 2.75) is 6.54 Å². The first-order valence-electron chi connectivity index (χ1n) is 5.12. The fourth-order valence-corrected chi connectivity index (χ4v) is 1.84. The normalized spacial score (nSPS) is 10.2. The van der Waals surface area contributed by atoms with Crippen LogP contribution in [0.4, 0.5) is 10.1 Å². The summed E-state index contributed by atoms with van der Waals surface area (Å²) in [4.78, 5) is 0. The zero-order valence-electron chi connectivity index (χ0n) is 8.95. The lowest BCUT2D eigenvalue weighted by atomic mass is 10.2. The van der Waals surface area contributed by atoms with E-state index in [9.17, 15) is 9.50 Å². The summed E-state index contributed by atoms with van der Waals surface area (Å²) in [6, 6.07) is 11.8. The molecule has 0 radical (unpaired) electrons. The number of benzene rings is 2. The largest absolute Gasteiger partial charge is 0.508 e. The predicted molar refractivity (Wildman–Crippen MR) is 69.5 cm³/mol. The number of phenols is 1. The van der Waals surface area contributed by atoms with E-state index in [2.05, 4.69) is 21.2 Å².